The third kappa shape index (κ3) is 5.98. The highest BCUT2D eigenvalue weighted by molar-refractivity contribution is 6.09. The second-order valence-corrected chi connectivity index (χ2v) is 14.0. The number of hydrogen-bond acceptors (Lipinski definition) is 3. The molecule has 49 heavy (non-hydrogen) atoms. The van der Waals surface area contributed by atoms with Gasteiger partial charge in [0.1, 0.15) is 17.3 Å². The fourth-order valence-electron chi connectivity index (χ4n) is 8.15. The van der Waals surface area contributed by atoms with E-state index in [9.17, 15) is 0 Å². The summed E-state index contributed by atoms with van der Waals surface area (Å²) in [6.07, 6.45) is 11.0. The Balaban J connectivity index is 1.34. The van der Waals surface area contributed by atoms with E-state index >= 15 is 0 Å². The topological polar surface area (TPSA) is 44.9 Å². The van der Waals surface area contributed by atoms with Crippen LogP contribution in [-0.4, -0.2) is 19.3 Å². The molecule has 0 amide bonds. The van der Waals surface area contributed by atoms with Crippen LogP contribution in [0.15, 0.2) is 90.6 Å². The Morgan fingerprint density at radius 3 is 2.39 bits per heavy atom. The summed E-state index contributed by atoms with van der Waals surface area (Å²) in [7, 11) is 0. The number of hydrogen-bond donors (Lipinski definition) is 0. The van der Waals surface area contributed by atoms with Crippen molar-refractivity contribution in [2.75, 3.05) is 0 Å². The summed E-state index contributed by atoms with van der Waals surface area (Å²) in [5.74, 6) is 3.98. The first-order chi connectivity index (χ1) is 23.8. The molecular formula is C44H50N4O. The third-order valence-corrected chi connectivity index (χ3v) is 10.7. The molecule has 1 aliphatic rings. The Morgan fingerprint density at radius 1 is 0.837 bits per heavy atom. The molecule has 5 heteroatoms. The summed E-state index contributed by atoms with van der Waals surface area (Å²) in [6.45, 7) is 15.8. The van der Waals surface area contributed by atoms with Crippen molar-refractivity contribution in [2.45, 2.75) is 98.8 Å². The molecule has 0 saturated carbocycles. The largest absolute Gasteiger partial charge is 0.457 e. The van der Waals surface area contributed by atoms with Gasteiger partial charge >= 0.3 is 0 Å². The van der Waals surface area contributed by atoms with Crippen molar-refractivity contribution in [3.05, 3.63) is 119 Å². The highest BCUT2D eigenvalue weighted by Crippen LogP contribution is 2.45. The summed E-state index contributed by atoms with van der Waals surface area (Å²) in [4.78, 5) is 4.77. The number of fused-ring (bicyclic) bond motifs is 3. The van der Waals surface area contributed by atoms with Crippen LogP contribution in [0.5, 0.6) is 11.5 Å². The van der Waals surface area contributed by atoms with Crippen LogP contribution in [0.2, 0.25) is 0 Å². The predicted octanol–water partition coefficient (Wildman–Crippen LogP) is 12.0. The molecule has 3 aromatic carbocycles. The minimum absolute atomic E-state index is 0.336. The fraction of sp³-hybridized carbons (Fsp3) is 0.364. The zero-order chi connectivity index (χ0) is 34.2. The molecule has 3 aromatic heterocycles. The smallest absolute Gasteiger partial charge is 0.137 e. The maximum absolute atomic E-state index is 6.79. The first kappa shape index (κ1) is 32.9. The number of nitrogens with zero attached hydrogens (tertiary/aromatic N) is 4. The molecule has 0 N–H and O–H groups in total. The quantitative estimate of drug-likeness (QED) is 0.139. The number of pyridine rings is 1. The molecule has 7 rings (SSSR count). The van der Waals surface area contributed by atoms with Gasteiger partial charge in [0, 0.05) is 46.3 Å². The van der Waals surface area contributed by atoms with E-state index in [0.717, 1.165) is 53.3 Å². The molecule has 0 fully saturated rings. The van der Waals surface area contributed by atoms with E-state index in [1.54, 1.807) is 5.57 Å². The summed E-state index contributed by atoms with van der Waals surface area (Å²) < 4.78 is 11.3. The van der Waals surface area contributed by atoms with Crippen LogP contribution < -0.4 is 4.74 Å². The molecule has 6 aromatic rings. The van der Waals surface area contributed by atoms with Crippen molar-refractivity contribution in [2.24, 2.45) is 5.92 Å². The van der Waals surface area contributed by atoms with Crippen LogP contribution in [0.4, 0.5) is 0 Å². The van der Waals surface area contributed by atoms with Gasteiger partial charge in [0.2, 0.25) is 0 Å². The SMILES string of the molecule is CCC1=CCC[C@H](CC)[C@@H]1c1c(CC)nn(-c2cc(Oc3ccc4c5ccccc5n(-c5cc(C)ccn5)c4c3)cc(C(C)C)c2)c1CC. The van der Waals surface area contributed by atoms with E-state index in [1.165, 1.54) is 58.1 Å². The molecule has 0 radical (unpaired) electrons. The molecule has 0 spiro atoms. The van der Waals surface area contributed by atoms with Crippen LogP contribution >= 0.6 is 0 Å². The van der Waals surface area contributed by atoms with Gasteiger partial charge in [-0.2, -0.15) is 5.10 Å². The van der Waals surface area contributed by atoms with Crippen LogP contribution in [0.3, 0.4) is 0 Å². The molecule has 1 aliphatic carbocycles. The molecule has 5 nitrogen and oxygen atoms in total. The van der Waals surface area contributed by atoms with E-state index in [-0.39, 0.29) is 0 Å². The van der Waals surface area contributed by atoms with Crippen LogP contribution in [-0.2, 0) is 12.8 Å². The van der Waals surface area contributed by atoms with Gasteiger partial charge in [0.25, 0.3) is 0 Å². The predicted molar refractivity (Wildman–Crippen MR) is 204 cm³/mol. The van der Waals surface area contributed by atoms with E-state index in [2.05, 4.69) is 131 Å². The second-order valence-electron chi connectivity index (χ2n) is 14.0. The lowest BCUT2D eigenvalue weighted by Crippen LogP contribution is -2.20. The molecule has 0 bridgehead atoms. The van der Waals surface area contributed by atoms with Crippen LogP contribution in [0.1, 0.15) is 107 Å². The standard InChI is InChI=1S/C44H50N4O/c1-8-30-15-14-16-31(9-2)43(30)44-38(10-3)46-48(39(44)11-4)33-24-32(28(5)6)25-35(26-33)49-34-19-20-37-36-17-12-13-18-40(36)47(41(37)27-34)42-23-29(7)21-22-45-42/h12-13,15,17-28,31,43H,8-11,14,16H2,1-7H3/t31-,43+/m0/s1. The number of aryl methyl sites for hydroxylation is 2. The third-order valence-electron chi connectivity index (χ3n) is 10.7. The maximum atomic E-state index is 6.79. The maximum Gasteiger partial charge on any atom is 0.137 e. The van der Waals surface area contributed by atoms with E-state index in [0.29, 0.717) is 17.8 Å². The van der Waals surface area contributed by atoms with Gasteiger partial charge in [-0.05, 0) is 104 Å². The number of para-hydroxylation sites is 1. The Labute approximate surface area is 291 Å². The van der Waals surface area contributed by atoms with Crippen molar-refractivity contribution in [3.8, 4) is 23.0 Å². The second kappa shape index (κ2) is 13.7. The van der Waals surface area contributed by atoms with E-state index < -0.39 is 0 Å². The first-order valence-electron chi connectivity index (χ1n) is 18.4. The minimum Gasteiger partial charge on any atom is -0.457 e. The minimum atomic E-state index is 0.336. The fourth-order valence-corrected chi connectivity index (χ4v) is 8.15. The molecule has 0 unspecified atom stereocenters. The van der Waals surface area contributed by atoms with Crippen molar-refractivity contribution < 1.29 is 4.74 Å². The molecule has 0 saturated heterocycles. The van der Waals surface area contributed by atoms with Gasteiger partial charge in [-0.25, -0.2) is 9.67 Å². The van der Waals surface area contributed by atoms with Gasteiger partial charge in [0.15, 0.2) is 0 Å². The lowest BCUT2D eigenvalue weighted by atomic mass is 9.71. The lowest BCUT2D eigenvalue weighted by molar-refractivity contribution is 0.392. The number of allylic oxidation sites excluding steroid dienone is 2. The number of rotatable bonds is 10. The Bertz CT molecular complexity index is 2160. The molecule has 0 aliphatic heterocycles. The Kier molecular flexibility index (Phi) is 9.19. The number of benzene rings is 3. The highest BCUT2D eigenvalue weighted by Gasteiger charge is 2.33. The molecule has 252 valence electrons. The van der Waals surface area contributed by atoms with Crippen molar-refractivity contribution in [1.82, 2.24) is 19.3 Å². The van der Waals surface area contributed by atoms with Crippen molar-refractivity contribution in [3.63, 3.8) is 0 Å². The number of ether oxygens (including phenoxy) is 1. The first-order valence-corrected chi connectivity index (χ1v) is 18.4. The molecule has 3 heterocycles. The van der Waals surface area contributed by atoms with Crippen LogP contribution in [0.25, 0.3) is 33.3 Å². The average Bonchev–Trinajstić information content (AvgIpc) is 3.66. The van der Waals surface area contributed by atoms with E-state index in [1.807, 2.05) is 12.3 Å². The van der Waals surface area contributed by atoms with Gasteiger partial charge in [-0.15, -0.1) is 0 Å². The Morgan fingerprint density at radius 2 is 1.65 bits per heavy atom. The van der Waals surface area contributed by atoms with Gasteiger partial charge in [-0.3, -0.25) is 4.57 Å². The van der Waals surface area contributed by atoms with Gasteiger partial charge in [-0.1, -0.05) is 77.8 Å². The zero-order valence-electron chi connectivity index (χ0n) is 30.3. The average molecular weight is 651 g/mol. The number of aromatic nitrogens is 4. The summed E-state index contributed by atoms with van der Waals surface area (Å²) in [5.41, 5.74) is 11.3. The molecule has 2 atom stereocenters. The zero-order valence-corrected chi connectivity index (χ0v) is 30.3. The van der Waals surface area contributed by atoms with E-state index in [4.69, 9.17) is 14.8 Å². The van der Waals surface area contributed by atoms with Gasteiger partial charge < -0.3 is 4.74 Å². The normalized spacial score (nSPS) is 16.5. The molecular weight excluding hydrogens is 601 g/mol. The van der Waals surface area contributed by atoms with Crippen molar-refractivity contribution >= 4 is 21.8 Å². The highest BCUT2D eigenvalue weighted by atomic mass is 16.5. The summed E-state index contributed by atoms with van der Waals surface area (Å²) in [6, 6.07) is 25.8. The monoisotopic (exact) mass is 650 g/mol. The van der Waals surface area contributed by atoms with Crippen LogP contribution in [0, 0.1) is 12.8 Å². The Hall–Kier alpha value is -4.64. The van der Waals surface area contributed by atoms with Crippen molar-refractivity contribution in [1.29, 1.82) is 0 Å². The summed E-state index contributed by atoms with van der Waals surface area (Å²) >= 11 is 0. The summed E-state index contributed by atoms with van der Waals surface area (Å²) in [5, 5.41) is 7.76. The van der Waals surface area contributed by atoms with Gasteiger partial charge in [0.05, 0.1) is 22.4 Å². The lowest BCUT2D eigenvalue weighted by Gasteiger charge is -2.33.